The van der Waals surface area contributed by atoms with E-state index < -0.39 is 0 Å². The third kappa shape index (κ3) is 2.25. The summed E-state index contributed by atoms with van der Waals surface area (Å²) in [4.78, 5) is 0. The molecule has 96 valence electrons. The molecule has 1 heterocycles. The maximum Gasteiger partial charge on any atom is 0.0560 e. The number of hydrogen-bond donors (Lipinski definition) is 1. The summed E-state index contributed by atoms with van der Waals surface area (Å²) in [6.07, 6.45) is 2.16. The van der Waals surface area contributed by atoms with Crippen LogP contribution in [0, 0.1) is 0 Å². The molecule has 0 bridgehead atoms. The molecule has 0 radical (unpaired) electrons. The molecule has 0 aliphatic heterocycles. The van der Waals surface area contributed by atoms with Crippen LogP contribution in [-0.2, 0) is 6.54 Å². The molecule has 2 N–H and O–H groups in total. The zero-order valence-corrected chi connectivity index (χ0v) is 11.3. The van der Waals surface area contributed by atoms with E-state index in [1.807, 2.05) is 12.1 Å². The van der Waals surface area contributed by atoms with Crippen molar-refractivity contribution in [2.75, 3.05) is 6.54 Å². The molecule has 0 amide bonds. The quantitative estimate of drug-likeness (QED) is 0.768. The number of nitrogens with zero attached hydrogens (tertiary/aromatic N) is 1. The molecule has 3 heteroatoms. The van der Waals surface area contributed by atoms with Gasteiger partial charge in [-0.25, -0.2) is 0 Å². The van der Waals surface area contributed by atoms with E-state index in [1.165, 1.54) is 22.0 Å². The van der Waals surface area contributed by atoms with Crippen LogP contribution in [0.2, 0.25) is 5.02 Å². The summed E-state index contributed by atoms with van der Waals surface area (Å²) in [6.45, 7) is 1.44. The molecular weight excluding hydrogens is 256 g/mol. The van der Waals surface area contributed by atoms with Gasteiger partial charge in [-0.05, 0) is 23.1 Å². The Balaban J connectivity index is 2.24. The summed E-state index contributed by atoms with van der Waals surface area (Å²) in [5, 5.41) is 3.24. The van der Waals surface area contributed by atoms with Crippen molar-refractivity contribution in [3.8, 4) is 11.3 Å². The Kier molecular flexibility index (Phi) is 3.28. The molecule has 3 aromatic rings. The average molecular weight is 271 g/mol. The Morgan fingerprint density at radius 1 is 1.00 bits per heavy atom. The van der Waals surface area contributed by atoms with Gasteiger partial charge in [0, 0.05) is 29.7 Å². The van der Waals surface area contributed by atoms with Gasteiger partial charge in [0.1, 0.15) is 0 Å². The Morgan fingerprint density at radius 2 is 1.74 bits per heavy atom. The van der Waals surface area contributed by atoms with E-state index >= 15 is 0 Å². The molecule has 0 unspecified atom stereocenters. The number of aromatic nitrogens is 1. The van der Waals surface area contributed by atoms with Gasteiger partial charge in [-0.15, -0.1) is 0 Å². The highest BCUT2D eigenvalue weighted by molar-refractivity contribution is 6.30. The molecule has 19 heavy (non-hydrogen) atoms. The molecule has 0 fully saturated rings. The second-order valence-corrected chi connectivity index (χ2v) is 4.99. The minimum Gasteiger partial charge on any atom is -0.345 e. The molecule has 0 saturated carbocycles. The number of halogens is 1. The second kappa shape index (κ2) is 5.08. The van der Waals surface area contributed by atoms with E-state index in [4.69, 9.17) is 17.3 Å². The Bertz CT molecular complexity index is 698. The third-order valence-corrected chi connectivity index (χ3v) is 3.54. The summed E-state index contributed by atoms with van der Waals surface area (Å²) >= 11 is 5.97. The average Bonchev–Trinajstić information content (AvgIpc) is 2.78. The van der Waals surface area contributed by atoms with Gasteiger partial charge in [0.2, 0.25) is 0 Å². The first-order chi connectivity index (χ1) is 9.29. The fraction of sp³-hybridized carbons (Fsp3) is 0.125. The molecule has 0 atom stereocenters. The monoisotopic (exact) mass is 270 g/mol. The number of fused-ring (bicyclic) bond motifs is 1. The lowest BCUT2D eigenvalue weighted by Crippen LogP contribution is -2.09. The van der Waals surface area contributed by atoms with Crippen LogP contribution in [0.5, 0.6) is 0 Å². The molecule has 2 nitrogen and oxygen atoms in total. The standard InChI is InChI=1S/C16H15ClN2/c17-14-7-5-12(6-8-14)16-15-4-2-1-3-13(15)11-19(16)10-9-18/h1-8,11H,9-10,18H2. The summed E-state index contributed by atoms with van der Waals surface area (Å²) in [6, 6.07) is 16.3. The molecule has 0 saturated heterocycles. The van der Waals surface area contributed by atoms with Crippen LogP contribution in [0.4, 0.5) is 0 Å². The van der Waals surface area contributed by atoms with E-state index in [9.17, 15) is 0 Å². The van der Waals surface area contributed by atoms with Crippen molar-refractivity contribution < 1.29 is 0 Å². The maximum absolute atomic E-state index is 5.97. The van der Waals surface area contributed by atoms with Crippen molar-refractivity contribution in [3.63, 3.8) is 0 Å². The number of nitrogens with two attached hydrogens (primary N) is 1. The maximum atomic E-state index is 5.97. The molecule has 0 spiro atoms. The van der Waals surface area contributed by atoms with Gasteiger partial charge < -0.3 is 10.3 Å². The largest absolute Gasteiger partial charge is 0.345 e. The normalized spacial score (nSPS) is 11.1. The van der Waals surface area contributed by atoms with Crippen LogP contribution in [0.25, 0.3) is 22.0 Å². The van der Waals surface area contributed by atoms with Crippen molar-refractivity contribution in [3.05, 3.63) is 59.8 Å². The van der Waals surface area contributed by atoms with Crippen molar-refractivity contribution in [2.45, 2.75) is 6.54 Å². The Labute approximate surface area is 117 Å². The Morgan fingerprint density at radius 3 is 2.47 bits per heavy atom. The molecule has 1 aromatic heterocycles. The number of rotatable bonds is 3. The van der Waals surface area contributed by atoms with Crippen molar-refractivity contribution in [1.29, 1.82) is 0 Å². The lowest BCUT2D eigenvalue weighted by molar-refractivity contribution is 0.722. The molecule has 2 aromatic carbocycles. The molecule has 3 rings (SSSR count). The zero-order valence-electron chi connectivity index (χ0n) is 10.5. The third-order valence-electron chi connectivity index (χ3n) is 3.29. The minimum atomic E-state index is 0.627. The summed E-state index contributed by atoms with van der Waals surface area (Å²) < 4.78 is 2.22. The van der Waals surface area contributed by atoms with Crippen LogP contribution in [-0.4, -0.2) is 11.1 Å². The molecule has 0 aliphatic rings. The smallest absolute Gasteiger partial charge is 0.0560 e. The fourth-order valence-corrected chi connectivity index (χ4v) is 2.58. The van der Waals surface area contributed by atoms with Crippen molar-refractivity contribution in [2.24, 2.45) is 5.73 Å². The number of hydrogen-bond acceptors (Lipinski definition) is 1. The summed E-state index contributed by atoms with van der Waals surface area (Å²) in [7, 11) is 0. The first-order valence-electron chi connectivity index (χ1n) is 6.33. The van der Waals surface area contributed by atoms with Crippen LogP contribution in [0.15, 0.2) is 54.7 Å². The van der Waals surface area contributed by atoms with Crippen LogP contribution >= 0.6 is 11.6 Å². The van der Waals surface area contributed by atoms with Gasteiger partial charge in [-0.1, -0.05) is 48.0 Å². The lowest BCUT2D eigenvalue weighted by Gasteiger charge is -2.08. The highest BCUT2D eigenvalue weighted by atomic mass is 35.5. The van der Waals surface area contributed by atoms with Gasteiger partial charge in [-0.3, -0.25) is 0 Å². The molecular formula is C16H15ClN2. The van der Waals surface area contributed by atoms with E-state index in [2.05, 4.69) is 47.2 Å². The van der Waals surface area contributed by atoms with E-state index in [0.717, 1.165) is 11.6 Å². The van der Waals surface area contributed by atoms with Gasteiger partial charge in [0.15, 0.2) is 0 Å². The first kappa shape index (κ1) is 12.3. The summed E-state index contributed by atoms with van der Waals surface area (Å²) in [5.74, 6) is 0. The predicted molar refractivity (Wildman–Crippen MR) is 81.4 cm³/mol. The van der Waals surface area contributed by atoms with E-state index in [1.54, 1.807) is 0 Å². The topological polar surface area (TPSA) is 30.9 Å². The van der Waals surface area contributed by atoms with E-state index in [0.29, 0.717) is 6.54 Å². The van der Waals surface area contributed by atoms with Crippen molar-refractivity contribution >= 4 is 22.4 Å². The first-order valence-corrected chi connectivity index (χ1v) is 6.71. The van der Waals surface area contributed by atoms with Gasteiger partial charge in [0.05, 0.1) is 5.69 Å². The number of benzene rings is 2. The predicted octanol–water partition coefficient (Wildman–Crippen LogP) is 3.92. The second-order valence-electron chi connectivity index (χ2n) is 4.55. The minimum absolute atomic E-state index is 0.627. The van der Waals surface area contributed by atoms with Crippen LogP contribution < -0.4 is 5.73 Å². The van der Waals surface area contributed by atoms with Crippen LogP contribution in [0.3, 0.4) is 0 Å². The highest BCUT2D eigenvalue weighted by Gasteiger charge is 2.10. The van der Waals surface area contributed by atoms with E-state index in [-0.39, 0.29) is 0 Å². The molecule has 0 aliphatic carbocycles. The van der Waals surface area contributed by atoms with Gasteiger partial charge >= 0.3 is 0 Å². The zero-order chi connectivity index (χ0) is 13.2. The lowest BCUT2D eigenvalue weighted by atomic mass is 10.1. The highest BCUT2D eigenvalue weighted by Crippen LogP contribution is 2.31. The van der Waals surface area contributed by atoms with Crippen molar-refractivity contribution in [1.82, 2.24) is 4.57 Å². The van der Waals surface area contributed by atoms with Gasteiger partial charge in [0.25, 0.3) is 0 Å². The Hall–Kier alpha value is -1.77. The fourth-order valence-electron chi connectivity index (χ4n) is 2.46. The van der Waals surface area contributed by atoms with Crippen LogP contribution in [0.1, 0.15) is 0 Å². The summed E-state index contributed by atoms with van der Waals surface area (Å²) in [5.41, 5.74) is 8.08. The SMILES string of the molecule is NCCn1cc2ccccc2c1-c1ccc(Cl)cc1. The van der Waals surface area contributed by atoms with Gasteiger partial charge in [-0.2, -0.15) is 0 Å².